The number of rotatable bonds is 7. The van der Waals surface area contributed by atoms with E-state index in [1.165, 1.54) is 21.0 Å². The number of aromatic nitrogens is 1. The molecule has 1 aromatic heterocycles. The number of amides is 1. The fraction of sp³-hybridized carbons (Fsp3) is 0.364. The van der Waals surface area contributed by atoms with Crippen LogP contribution in [0.1, 0.15) is 24.8 Å². The Bertz CT molecular complexity index is 1240. The van der Waals surface area contributed by atoms with Gasteiger partial charge in [0.1, 0.15) is 0 Å². The lowest BCUT2D eigenvalue weighted by atomic mass is 10.2. The van der Waals surface area contributed by atoms with E-state index in [4.69, 9.17) is 4.42 Å². The maximum atomic E-state index is 12.8. The van der Waals surface area contributed by atoms with E-state index in [2.05, 4.69) is 0 Å². The lowest BCUT2D eigenvalue weighted by Crippen LogP contribution is -2.28. The van der Waals surface area contributed by atoms with E-state index in [1.807, 2.05) is 30.3 Å². The molecule has 3 aromatic rings. The molecule has 4 rings (SSSR count). The fourth-order valence-corrected chi connectivity index (χ4v) is 5.37. The monoisotopic (exact) mass is 443 g/mol. The summed E-state index contributed by atoms with van der Waals surface area (Å²) in [6.45, 7) is 1.65. The molecule has 0 atom stereocenters. The van der Waals surface area contributed by atoms with Crippen molar-refractivity contribution >= 4 is 27.0 Å². The van der Waals surface area contributed by atoms with Crippen molar-refractivity contribution in [2.45, 2.75) is 37.2 Å². The minimum absolute atomic E-state index is 0.0988. The number of aryl methyl sites for hydroxylation is 1. The Morgan fingerprint density at radius 1 is 1.10 bits per heavy atom. The van der Waals surface area contributed by atoms with Gasteiger partial charge in [-0.3, -0.25) is 9.36 Å². The van der Waals surface area contributed by atoms with E-state index in [-0.39, 0.29) is 29.4 Å². The van der Waals surface area contributed by atoms with Crippen molar-refractivity contribution in [3.05, 3.63) is 64.6 Å². The molecule has 164 valence electrons. The highest BCUT2D eigenvalue weighted by atomic mass is 32.2. The van der Waals surface area contributed by atoms with Crippen LogP contribution in [0.5, 0.6) is 0 Å². The summed E-state index contributed by atoms with van der Waals surface area (Å²) < 4.78 is 33.6. The van der Waals surface area contributed by atoms with Crippen molar-refractivity contribution in [3.63, 3.8) is 0 Å². The number of sulfonamides is 1. The Balaban J connectivity index is 1.49. The molecule has 1 aliphatic heterocycles. The predicted octanol–water partition coefficient (Wildman–Crippen LogP) is 2.43. The van der Waals surface area contributed by atoms with Crippen LogP contribution in [0.15, 0.2) is 62.6 Å². The van der Waals surface area contributed by atoms with Gasteiger partial charge < -0.3 is 9.32 Å². The normalized spacial score (nSPS) is 14.9. The minimum atomic E-state index is -3.60. The summed E-state index contributed by atoms with van der Waals surface area (Å²) in [5.41, 5.74) is 1.70. The first-order chi connectivity index (χ1) is 14.9. The first-order valence-electron chi connectivity index (χ1n) is 10.3. The zero-order chi connectivity index (χ0) is 22.0. The first-order valence-corrected chi connectivity index (χ1v) is 11.7. The summed E-state index contributed by atoms with van der Waals surface area (Å²) in [6.07, 6.45) is 1.82. The molecular weight excluding hydrogens is 418 g/mol. The second-order valence-electron chi connectivity index (χ2n) is 7.75. The molecule has 1 saturated heterocycles. The van der Waals surface area contributed by atoms with Crippen LogP contribution in [0.4, 0.5) is 0 Å². The van der Waals surface area contributed by atoms with Gasteiger partial charge in [-0.25, -0.2) is 13.2 Å². The average Bonchev–Trinajstić information content (AvgIpc) is 3.40. The van der Waals surface area contributed by atoms with Gasteiger partial charge in [0.05, 0.1) is 10.4 Å². The second kappa shape index (κ2) is 8.68. The number of benzene rings is 2. The first kappa shape index (κ1) is 21.3. The smallest absolute Gasteiger partial charge is 0.408 e. The molecule has 0 spiro atoms. The molecule has 31 heavy (non-hydrogen) atoms. The number of hydrogen-bond acceptors (Lipinski definition) is 5. The molecule has 9 heteroatoms. The topological polar surface area (TPSA) is 92.8 Å². The fourth-order valence-electron chi connectivity index (χ4n) is 3.84. The van der Waals surface area contributed by atoms with Crippen LogP contribution in [-0.2, 0) is 27.9 Å². The number of oxazole rings is 1. The highest BCUT2D eigenvalue weighted by Crippen LogP contribution is 2.24. The van der Waals surface area contributed by atoms with E-state index in [0.29, 0.717) is 25.2 Å². The van der Waals surface area contributed by atoms with Gasteiger partial charge in [-0.15, -0.1) is 0 Å². The Hall–Kier alpha value is -2.91. The predicted molar refractivity (Wildman–Crippen MR) is 116 cm³/mol. The quantitative estimate of drug-likeness (QED) is 0.559. The van der Waals surface area contributed by atoms with Crippen molar-refractivity contribution in [2.24, 2.45) is 0 Å². The van der Waals surface area contributed by atoms with Crippen LogP contribution in [0, 0.1) is 0 Å². The second-order valence-corrected chi connectivity index (χ2v) is 9.68. The number of nitrogens with zero attached hydrogens (tertiary/aromatic N) is 3. The Morgan fingerprint density at radius 2 is 1.81 bits per heavy atom. The van der Waals surface area contributed by atoms with Crippen LogP contribution in [0.3, 0.4) is 0 Å². The van der Waals surface area contributed by atoms with Crippen LogP contribution in [0.2, 0.25) is 0 Å². The Kier molecular flexibility index (Phi) is 5.97. The van der Waals surface area contributed by atoms with E-state index < -0.39 is 15.8 Å². The standard InChI is InChI=1S/C22H25N3O5S/c1-23(16-17-7-3-2-4-8-17)21(26)11-14-25-19-10-9-18(15-20(19)30-22(25)27)31(28,29)24-12-5-6-13-24/h2-4,7-10,15H,5-6,11-14,16H2,1H3. The van der Waals surface area contributed by atoms with Gasteiger partial charge in [0.25, 0.3) is 0 Å². The van der Waals surface area contributed by atoms with Gasteiger partial charge in [0, 0.05) is 45.7 Å². The largest absolute Gasteiger partial charge is 0.419 e. The summed E-state index contributed by atoms with van der Waals surface area (Å²) in [4.78, 5) is 26.6. The van der Waals surface area contributed by atoms with Crippen LogP contribution in [-0.4, -0.2) is 48.2 Å². The van der Waals surface area contributed by atoms with Gasteiger partial charge in [0.15, 0.2) is 5.58 Å². The molecule has 2 aromatic carbocycles. The number of carbonyl (C=O) groups excluding carboxylic acids is 1. The zero-order valence-electron chi connectivity index (χ0n) is 17.4. The third-order valence-electron chi connectivity index (χ3n) is 5.58. The van der Waals surface area contributed by atoms with Gasteiger partial charge in [0.2, 0.25) is 15.9 Å². The maximum Gasteiger partial charge on any atom is 0.419 e. The minimum Gasteiger partial charge on any atom is -0.408 e. The molecule has 0 bridgehead atoms. The van der Waals surface area contributed by atoms with E-state index in [9.17, 15) is 18.0 Å². The van der Waals surface area contributed by atoms with E-state index >= 15 is 0 Å². The maximum absolute atomic E-state index is 12.8. The molecular formula is C22H25N3O5S. The van der Waals surface area contributed by atoms with Crippen molar-refractivity contribution in [2.75, 3.05) is 20.1 Å². The van der Waals surface area contributed by atoms with Gasteiger partial charge in [-0.05, 0) is 30.5 Å². The van der Waals surface area contributed by atoms with Crippen molar-refractivity contribution < 1.29 is 17.6 Å². The van der Waals surface area contributed by atoms with Gasteiger partial charge in [-0.1, -0.05) is 30.3 Å². The molecule has 8 nitrogen and oxygen atoms in total. The number of hydrogen-bond donors (Lipinski definition) is 0. The summed E-state index contributed by atoms with van der Waals surface area (Å²) in [7, 11) is -1.88. The Morgan fingerprint density at radius 3 is 2.52 bits per heavy atom. The summed E-state index contributed by atoms with van der Waals surface area (Å²) >= 11 is 0. The molecule has 0 aliphatic carbocycles. The van der Waals surface area contributed by atoms with Gasteiger partial charge in [-0.2, -0.15) is 4.31 Å². The van der Waals surface area contributed by atoms with Crippen LogP contribution < -0.4 is 5.76 Å². The summed E-state index contributed by atoms with van der Waals surface area (Å²) in [5.74, 6) is -0.706. The number of carbonyl (C=O) groups is 1. The highest BCUT2D eigenvalue weighted by molar-refractivity contribution is 7.89. The van der Waals surface area contributed by atoms with Crippen molar-refractivity contribution in [1.29, 1.82) is 0 Å². The summed E-state index contributed by atoms with van der Waals surface area (Å²) in [6, 6.07) is 14.1. The number of fused-ring (bicyclic) bond motifs is 1. The molecule has 2 heterocycles. The van der Waals surface area contributed by atoms with Crippen molar-refractivity contribution in [3.8, 4) is 0 Å². The lowest BCUT2D eigenvalue weighted by molar-refractivity contribution is -0.130. The molecule has 0 unspecified atom stereocenters. The molecule has 1 aliphatic rings. The molecule has 0 saturated carbocycles. The van der Waals surface area contributed by atoms with Crippen LogP contribution in [0.25, 0.3) is 11.1 Å². The Labute approximate surface area is 180 Å². The zero-order valence-corrected chi connectivity index (χ0v) is 18.2. The molecule has 1 amide bonds. The van der Waals surface area contributed by atoms with Gasteiger partial charge >= 0.3 is 5.76 Å². The third-order valence-corrected chi connectivity index (χ3v) is 7.47. The SMILES string of the molecule is CN(Cc1ccccc1)C(=O)CCn1c(=O)oc2cc(S(=O)(=O)N3CCCC3)ccc21. The molecule has 0 radical (unpaired) electrons. The van der Waals surface area contributed by atoms with E-state index in [1.54, 1.807) is 18.0 Å². The van der Waals surface area contributed by atoms with Crippen molar-refractivity contribution in [1.82, 2.24) is 13.8 Å². The lowest BCUT2D eigenvalue weighted by Gasteiger charge is -2.17. The third kappa shape index (κ3) is 4.42. The molecule has 0 N–H and O–H groups in total. The summed E-state index contributed by atoms with van der Waals surface area (Å²) in [5, 5.41) is 0. The molecule has 1 fully saturated rings. The van der Waals surface area contributed by atoms with E-state index in [0.717, 1.165) is 18.4 Å². The van der Waals surface area contributed by atoms with Crippen LogP contribution >= 0.6 is 0 Å². The highest BCUT2D eigenvalue weighted by Gasteiger charge is 2.28. The average molecular weight is 444 g/mol.